The number of nitrogens with one attached hydrogen (secondary N) is 1. The number of aromatic nitrogens is 1. The molecule has 0 aliphatic rings. The Morgan fingerprint density at radius 3 is 2.18 bits per heavy atom. The van der Waals surface area contributed by atoms with Gasteiger partial charge in [-0.25, -0.2) is 4.98 Å². The molecule has 0 radical (unpaired) electrons. The van der Waals surface area contributed by atoms with Crippen LogP contribution in [0.2, 0.25) is 0 Å². The Balaban J connectivity index is 1.83. The number of aliphatic hydroxyl groups excluding tert-OH is 1. The van der Waals surface area contributed by atoms with Gasteiger partial charge in [-0.05, 0) is 70.2 Å². The fourth-order valence-electron chi connectivity index (χ4n) is 3.85. The molecular weight excluding hydrogens is 420 g/mol. The number of nitrogens with zero attached hydrogens (tertiary/aromatic N) is 1. The Morgan fingerprint density at radius 2 is 1.56 bits per heavy atom. The standard InChI is InChI=1S/C30H38N2O2/c1-29(2,3)24-16-22(17-25(20-24)30(4,5)6)15-21-12-13-31-28(18-21)32-26-10-7-9-23(19-26)27(34)11-8-14-33/h7,9-10,12-13,16-20,33H,8,11,14-15H2,1-6H3,(H,31,32). The van der Waals surface area contributed by atoms with Crippen molar-refractivity contribution in [3.8, 4) is 0 Å². The number of benzene rings is 2. The molecule has 0 saturated carbocycles. The van der Waals surface area contributed by atoms with Gasteiger partial charge in [0, 0.05) is 30.5 Å². The lowest BCUT2D eigenvalue weighted by molar-refractivity contribution is 0.0971. The maximum absolute atomic E-state index is 12.3. The summed E-state index contributed by atoms with van der Waals surface area (Å²) in [5.74, 6) is 0.785. The average Bonchev–Trinajstić information content (AvgIpc) is 2.76. The van der Waals surface area contributed by atoms with Crippen molar-refractivity contribution < 1.29 is 9.90 Å². The predicted molar refractivity (Wildman–Crippen MR) is 141 cm³/mol. The van der Waals surface area contributed by atoms with Crippen LogP contribution in [0.15, 0.2) is 60.8 Å². The van der Waals surface area contributed by atoms with Crippen molar-refractivity contribution in [2.24, 2.45) is 0 Å². The van der Waals surface area contributed by atoms with Gasteiger partial charge in [-0.1, -0.05) is 71.9 Å². The Bertz CT molecular complexity index is 1100. The van der Waals surface area contributed by atoms with E-state index in [1.165, 1.54) is 22.3 Å². The second-order valence-corrected chi connectivity index (χ2v) is 11.1. The number of carbonyl (C=O) groups is 1. The minimum Gasteiger partial charge on any atom is -0.396 e. The molecule has 4 nitrogen and oxygen atoms in total. The van der Waals surface area contributed by atoms with Gasteiger partial charge in [0.15, 0.2) is 5.78 Å². The Morgan fingerprint density at radius 1 is 0.882 bits per heavy atom. The van der Waals surface area contributed by atoms with E-state index in [0.717, 1.165) is 17.9 Å². The monoisotopic (exact) mass is 458 g/mol. The predicted octanol–water partition coefficient (Wildman–Crippen LogP) is 6.97. The van der Waals surface area contributed by atoms with Gasteiger partial charge in [0.05, 0.1) is 0 Å². The van der Waals surface area contributed by atoms with Crippen LogP contribution in [0, 0.1) is 0 Å². The van der Waals surface area contributed by atoms with Crippen LogP contribution >= 0.6 is 0 Å². The van der Waals surface area contributed by atoms with Crippen LogP contribution in [0.4, 0.5) is 11.5 Å². The molecule has 0 unspecified atom stereocenters. The van der Waals surface area contributed by atoms with E-state index < -0.39 is 0 Å². The maximum atomic E-state index is 12.3. The summed E-state index contributed by atoms with van der Waals surface area (Å²) in [7, 11) is 0. The second-order valence-electron chi connectivity index (χ2n) is 11.1. The van der Waals surface area contributed by atoms with Crippen LogP contribution in [0.25, 0.3) is 0 Å². The van der Waals surface area contributed by atoms with Crippen LogP contribution in [0.1, 0.15) is 87.0 Å². The second kappa shape index (κ2) is 10.5. The van der Waals surface area contributed by atoms with Crippen LogP contribution in [0.3, 0.4) is 0 Å². The number of anilines is 2. The lowest BCUT2D eigenvalue weighted by atomic mass is 9.79. The van der Waals surface area contributed by atoms with Crippen molar-refractivity contribution in [1.29, 1.82) is 0 Å². The van der Waals surface area contributed by atoms with E-state index in [-0.39, 0.29) is 23.2 Å². The molecule has 2 N–H and O–H groups in total. The molecule has 0 spiro atoms. The summed E-state index contributed by atoms with van der Waals surface area (Å²) >= 11 is 0. The van der Waals surface area contributed by atoms with E-state index in [1.54, 1.807) is 0 Å². The van der Waals surface area contributed by atoms with Crippen molar-refractivity contribution >= 4 is 17.3 Å². The Labute approximate surface area is 204 Å². The van der Waals surface area contributed by atoms with Crippen LogP contribution in [-0.2, 0) is 17.3 Å². The summed E-state index contributed by atoms with van der Waals surface area (Å²) in [4.78, 5) is 16.8. The van der Waals surface area contributed by atoms with Gasteiger partial charge in [-0.3, -0.25) is 4.79 Å². The summed E-state index contributed by atoms with van der Waals surface area (Å²) in [6.45, 7) is 13.6. The number of ketones is 1. The minimum absolute atomic E-state index is 0.0241. The highest BCUT2D eigenvalue weighted by Gasteiger charge is 2.20. The normalized spacial score (nSPS) is 12.0. The van der Waals surface area contributed by atoms with Crippen LogP contribution in [-0.4, -0.2) is 22.5 Å². The zero-order chi connectivity index (χ0) is 24.9. The van der Waals surface area contributed by atoms with E-state index in [9.17, 15) is 4.79 Å². The van der Waals surface area contributed by atoms with Crippen LogP contribution < -0.4 is 5.32 Å². The number of Topliss-reactive ketones (excluding diaryl/α,β-unsaturated/α-hetero) is 1. The van der Waals surface area contributed by atoms with Gasteiger partial charge in [-0.2, -0.15) is 0 Å². The molecule has 0 aliphatic heterocycles. The van der Waals surface area contributed by atoms with Crippen molar-refractivity contribution in [3.05, 3.63) is 88.6 Å². The van der Waals surface area contributed by atoms with Gasteiger partial charge >= 0.3 is 0 Å². The van der Waals surface area contributed by atoms with Gasteiger partial charge < -0.3 is 10.4 Å². The van der Waals surface area contributed by atoms with Crippen molar-refractivity contribution in [1.82, 2.24) is 4.98 Å². The molecule has 1 heterocycles. The molecule has 3 aromatic rings. The molecule has 4 heteroatoms. The third kappa shape index (κ3) is 7.01. The SMILES string of the molecule is CC(C)(C)c1cc(Cc2ccnc(Nc3cccc(C(=O)CCCO)c3)c2)cc(C(C)(C)C)c1. The summed E-state index contributed by atoms with van der Waals surface area (Å²) in [5.41, 5.74) is 6.81. The summed E-state index contributed by atoms with van der Waals surface area (Å²) in [6.07, 6.45) is 3.47. The van der Waals surface area contributed by atoms with Crippen molar-refractivity contribution in [3.63, 3.8) is 0 Å². The third-order valence-electron chi connectivity index (χ3n) is 5.98. The smallest absolute Gasteiger partial charge is 0.163 e. The topological polar surface area (TPSA) is 62.2 Å². The molecule has 3 rings (SSSR count). The zero-order valence-corrected chi connectivity index (χ0v) is 21.4. The van der Waals surface area contributed by atoms with Gasteiger partial charge in [0.2, 0.25) is 0 Å². The number of aliphatic hydroxyl groups is 1. The first-order valence-corrected chi connectivity index (χ1v) is 12.1. The number of carbonyl (C=O) groups excluding carboxylic acids is 1. The Kier molecular flexibility index (Phi) is 7.93. The molecule has 2 aromatic carbocycles. The van der Waals surface area contributed by atoms with E-state index >= 15 is 0 Å². The summed E-state index contributed by atoms with van der Waals surface area (Å²) < 4.78 is 0. The first-order chi connectivity index (χ1) is 16.0. The molecule has 0 saturated heterocycles. The van der Waals surface area contributed by atoms with E-state index in [4.69, 9.17) is 5.11 Å². The van der Waals surface area contributed by atoms with E-state index in [1.807, 2.05) is 30.5 Å². The quantitative estimate of drug-likeness (QED) is 0.358. The maximum Gasteiger partial charge on any atom is 0.163 e. The molecule has 0 atom stereocenters. The molecule has 0 aliphatic carbocycles. The first-order valence-electron chi connectivity index (χ1n) is 12.1. The first kappa shape index (κ1) is 25.6. The molecule has 0 amide bonds. The van der Waals surface area contributed by atoms with Gasteiger partial charge in [0.1, 0.15) is 5.82 Å². The largest absolute Gasteiger partial charge is 0.396 e. The molecule has 0 bridgehead atoms. The lowest BCUT2D eigenvalue weighted by Crippen LogP contribution is -2.17. The van der Waals surface area contributed by atoms with E-state index in [0.29, 0.717) is 18.4 Å². The zero-order valence-electron chi connectivity index (χ0n) is 21.4. The van der Waals surface area contributed by atoms with Gasteiger partial charge in [0.25, 0.3) is 0 Å². The van der Waals surface area contributed by atoms with Crippen molar-refractivity contribution in [2.75, 3.05) is 11.9 Å². The fraction of sp³-hybridized carbons (Fsp3) is 0.400. The number of rotatable bonds is 8. The molecule has 34 heavy (non-hydrogen) atoms. The fourth-order valence-corrected chi connectivity index (χ4v) is 3.85. The highest BCUT2D eigenvalue weighted by molar-refractivity contribution is 5.97. The number of pyridine rings is 1. The number of hydrogen-bond donors (Lipinski definition) is 2. The van der Waals surface area contributed by atoms with E-state index in [2.05, 4.69) is 82.2 Å². The Hall–Kier alpha value is -2.98. The van der Waals surface area contributed by atoms with Crippen LogP contribution in [0.5, 0.6) is 0 Å². The third-order valence-corrected chi connectivity index (χ3v) is 5.98. The highest BCUT2D eigenvalue weighted by Crippen LogP contribution is 2.31. The minimum atomic E-state index is 0.0241. The summed E-state index contributed by atoms with van der Waals surface area (Å²) in [5, 5.41) is 12.3. The molecular formula is C30H38N2O2. The highest BCUT2D eigenvalue weighted by atomic mass is 16.3. The molecule has 0 fully saturated rings. The molecule has 1 aromatic heterocycles. The average molecular weight is 459 g/mol. The summed E-state index contributed by atoms with van der Waals surface area (Å²) in [6, 6.07) is 18.6. The van der Waals surface area contributed by atoms with Gasteiger partial charge in [-0.15, -0.1) is 0 Å². The lowest BCUT2D eigenvalue weighted by Gasteiger charge is -2.26. The van der Waals surface area contributed by atoms with Crippen molar-refractivity contribution in [2.45, 2.75) is 71.6 Å². The number of hydrogen-bond acceptors (Lipinski definition) is 4. The molecule has 180 valence electrons.